The number of rotatable bonds is 7. The van der Waals surface area contributed by atoms with Crippen molar-refractivity contribution >= 4 is 23.4 Å². The summed E-state index contributed by atoms with van der Waals surface area (Å²) in [6.45, 7) is 5.93. The Bertz CT molecular complexity index is 379. The van der Waals surface area contributed by atoms with Crippen molar-refractivity contribution in [2.24, 2.45) is 11.8 Å². The van der Waals surface area contributed by atoms with Gasteiger partial charge in [0.25, 0.3) is 0 Å². The van der Waals surface area contributed by atoms with Gasteiger partial charge in [0.1, 0.15) is 5.78 Å². The van der Waals surface area contributed by atoms with Gasteiger partial charge in [-0.1, -0.05) is 13.8 Å². The summed E-state index contributed by atoms with van der Waals surface area (Å²) in [5.41, 5.74) is 0. The summed E-state index contributed by atoms with van der Waals surface area (Å²) in [4.78, 5) is 45.8. The van der Waals surface area contributed by atoms with Gasteiger partial charge in [-0.2, -0.15) is 0 Å². The van der Waals surface area contributed by atoms with E-state index >= 15 is 0 Å². The Morgan fingerprint density at radius 2 is 1.42 bits per heavy atom. The largest absolute Gasteiger partial charge is 0.359 e. The zero-order valence-corrected chi connectivity index (χ0v) is 12.1. The average molecular weight is 270 g/mol. The number of Topliss-reactive ketones (excluding diaryl/α,β-unsaturated/α-hetero) is 2. The van der Waals surface area contributed by atoms with Crippen molar-refractivity contribution < 1.29 is 19.2 Å². The van der Waals surface area contributed by atoms with Crippen LogP contribution in [0.3, 0.4) is 0 Å². The van der Waals surface area contributed by atoms with Gasteiger partial charge in [0.05, 0.1) is 6.04 Å². The van der Waals surface area contributed by atoms with Crippen LogP contribution in [0.4, 0.5) is 0 Å². The van der Waals surface area contributed by atoms with Crippen LogP contribution in [-0.2, 0) is 19.2 Å². The van der Waals surface area contributed by atoms with E-state index in [9.17, 15) is 19.2 Å². The summed E-state index contributed by atoms with van der Waals surface area (Å²) in [5, 5.41) is 4.99. The first-order valence-electron chi connectivity index (χ1n) is 6.22. The maximum absolute atomic E-state index is 11.9. The topological polar surface area (TPSA) is 92.3 Å². The molecule has 6 nitrogen and oxygen atoms in total. The predicted molar refractivity (Wildman–Crippen MR) is 70.3 cm³/mol. The molecule has 0 heterocycles. The minimum Gasteiger partial charge on any atom is -0.359 e. The number of ketones is 2. The van der Waals surface area contributed by atoms with Gasteiger partial charge in [0.15, 0.2) is 5.78 Å². The summed E-state index contributed by atoms with van der Waals surface area (Å²) in [6.07, 6.45) is -0.0256. The second-order valence-corrected chi connectivity index (χ2v) is 4.77. The molecule has 0 rings (SSSR count). The Balaban J connectivity index is 4.68. The molecule has 2 amide bonds. The van der Waals surface area contributed by atoms with Crippen molar-refractivity contribution in [1.29, 1.82) is 0 Å². The highest BCUT2D eigenvalue weighted by atomic mass is 16.2. The first kappa shape index (κ1) is 17.3. The van der Waals surface area contributed by atoms with Gasteiger partial charge in [0.2, 0.25) is 11.8 Å². The molecule has 0 radical (unpaired) electrons. The Morgan fingerprint density at radius 3 is 1.79 bits per heavy atom. The fourth-order valence-electron chi connectivity index (χ4n) is 1.57. The molecule has 0 aliphatic rings. The van der Waals surface area contributed by atoms with E-state index < -0.39 is 23.8 Å². The third kappa shape index (κ3) is 5.63. The van der Waals surface area contributed by atoms with Crippen LogP contribution in [0.2, 0.25) is 0 Å². The molecule has 0 aromatic heterocycles. The van der Waals surface area contributed by atoms with Gasteiger partial charge in [-0.25, -0.2) is 0 Å². The molecule has 0 spiro atoms. The summed E-state index contributed by atoms with van der Waals surface area (Å²) in [5.74, 6) is -2.18. The van der Waals surface area contributed by atoms with Crippen LogP contribution in [0.15, 0.2) is 0 Å². The Morgan fingerprint density at radius 1 is 0.947 bits per heavy atom. The number of carbonyl (C=O) groups excluding carboxylic acids is 4. The standard InChI is InChI=1S/C13H22N2O4/c1-7(16)6-11(10(4)17)15-13(19)9(3)8(2)12(18)14-5/h8-9,11H,6H2,1-5H3,(H,14,18)(H,15,19)/t8?,9?,11-/m0/s1. The van der Waals surface area contributed by atoms with E-state index in [2.05, 4.69) is 10.6 Å². The van der Waals surface area contributed by atoms with E-state index in [4.69, 9.17) is 0 Å². The molecule has 0 aliphatic heterocycles. The SMILES string of the molecule is CNC(=O)C(C)C(C)C(=O)N[C@@H](CC(C)=O)C(C)=O. The van der Waals surface area contributed by atoms with Gasteiger partial charge >= 0.3 is 0 Å². The highest BCUT2D eigenvalue weighted by Gasteiger charge is 2.28. The molecule has 0 saturated carbocycles. The molecule has 0 fully saturated rings. The normalized spacial score (nSPS) is 15.0. The monoisotopic (exact) mass is 270 g/mol. The van der Waals surface area contributed by atoms with E-state index in [0.717, 1.165) is 0 Å². The zero-order chi connectivity index (χ0) is 15.2. The van der Waals surface area contributed by atoms with Crippen molar-refractivity contribution in [2.45, 2.75) is 40.2 Å². The third-order valence-electron chi connectivity index (χ3n) is 3.12. The quantitative estimate of drug-likeness (QED) is 0.684. The summed E-state index contributed by atoms with van der Waals surface area (Å²) in [7, 11) is 1.50. The summed E-state index contributed by atoms with van der Waals surface area (Å²) < 4.78 is 0. The third-order valence-corrected chi connectivity index (χ3v) is 3.12. The van der Waals surface area contributed by atoms with Gasteiger partial charge < -0.3 is 10.6 Å². The van der Waals surface area contributed by atoms with Crippen LogP contribution >= 0.6 is 0 Å². The van der Waals surface area contributed by atoms with E-state index in [1.807, 2.05) is 0 Å². The molecule has 0 aromatic carbocycles. The fourth-order valence-corrected chi connectivity index (χ4v) is 1.57. The number of nitrogens with one attached hydrogen (secondary N) is 2. The molecule has 6 heteroatoms. The van der Waals surface area contributed by atoms with Gasteiger partial charge in [-0.05, 0) is 13.8 Å². The molecular formula is C13H22N2O4. The lowest BCUT2D eigenvalue weighted by atomic mass is 9.93. The van der Waals surface area contributed by atoms with E-state index in [0.29, 0.717) is 0 Å². The highest BCUT2D eigenvalue weighted by molar-refractivity contribution is 5.93. The van der Waals surface area contributed by atoms with Crippen molar-refractivity contribution in [1.82, 2.24) is 10.6 Å². The lowest BCUT2D eigenvalue weighted by molar-refractivity contribution is -0.135. The molecule has 0 saturated heterocycles. The molecule has 0 aromatic rings. The Hall–Kier alpha value is -1.72. The second-order valence-electron chi connectivity index (χ2n) is 4.77. The minimum atomic E-state index is -0.815. The maximum atomic E-state index is 11.9. The number of amides is 2. The molecule has 0 aliphatic carbocycles. The predicted octanol–water partition coefficient (Wildman–Crippen LogP) is 0.0575. The lowest BCUT2D eigenvalue weighted by Gasteiger charge is -2.21. The molecular weight excluding hydrogens is 248 g/mol. The Labute approximate surface area is 113 Å². The summed E-state index contributed by atoms with van der Waals surface area (Å²) >= 11 is 0. The van der Waals surface area contributed by atoms with Gasteiger partial charge in [-0.3, -0.25) is 19.2 Å². The van der Waals surface area contributed by atoms with Crippen LogP contribution in [0.1, 0.15) is 34.1 Å². The first-order valence-corrected chi connectivity index (χ1v) is 6.22. The molecule has 2 unspecified atom stereocenters. The molecule has 0 bridgehead atoms. The van der Waals surface area contributed by atoms with Crippen LogP contribution in [-0.4, -0.2) is 36.5 Å². The molecule has 19 heavy (non-hydrogen) atoms. The van der Waals surface area contributed by atoms with Crippen LogP contribution in [0.5, 0.6) is 0 Å². The fraction of sp³-hybridized carbons (Fsp3) is 0.692. The average Bonchev–Trinajstić information content (AvgIpc) is 2.34. The van der Waals surface area contributed by atoms with Gasteiger partial charge in [0, 0.05) is 25.3 Å². The van der Waals surface area contributed by atoms with E-state index in [-0.39, 0.29) is 23.9 Å². The zero-order valence-electron chi connectivity index (χ0n) is 12.1. The second kappa shape index (κ2) is 7.66. The summed E-state index contributed by atoms with van der Waals surface area (Å²) in [6, 6.07) is -0.815. The minimum absolute atomic E-state index is 0.0256. The van der Waals surface area contributed by atoms with Crippen molar-refractivity contribution in [3.63, 3.8) is 0 Å². The number of hydrogen-bond acceptors (Lipinski definition) is 4. The van der Waals surface area contributed by atoms with E-state index in [1.165, 1.54) is 20.9 Å². The van der Waals surface area contributed by atoms with Crippen LogP contribution in [0.25, 0.3) is 0 Å². The highest BCUT2D eigenvalue weighted by Crippen LogP contribution is 2.12. The maximum Gasteiger partial charge on any atom is 0.224 e. The first-order chi connectivity index (χ1) is 8.70. The molecule has 3 atom stereocenters. The van der Waals surface area contributed by atoms with Crippen molar-refractivity contribution in [3.05, 3.63) is 0 Å². The number of hydrogen-bond donors (Lipinski definition) is 2. The van der Waals surface area contributed by atoms with Crippen molar-refractivity contribution in [3.8, 4) is 0 Å². The van der Waals surface area contributed by atoms with Crippen molar-refractivity contribution in [2.75, 3.05) is 7.05 Å². The van der Waals surface area contributed by atoms with Crippen LogP contribution < -0.4 is 10.6 Å². The lowest BCUT2D eigenvalue weighted by Crippen LogP contribution is -2.46. The van der Waals surface area contributed by atoms with Gasteiger partial charge in [-0.15, -0.1) is 0 Å². The van der Waals surface area contributed by atoms with E-state index in [1.54, 1.807) is 13.8 Å². The molecule has 2 N–H and O–H groups in total. The number of carbonyl (C=O) groups is 4. The molecule has 108 valence electrons. The smallest absolute Gasteiger partial charge is 0.224 e. The van der Waals surface area contributed by atoms with Crippen LogP contribution in [0, 0.1) is 11.8 Å². The Kier molecular flexibility index (Phi) is 6.96.